The first-order valence-electron chi connectivity index (χ1n) is 15.3. The molecule has 0 spiro atoms. The summed E-state index contributed by atoms with van der Waals surface area (Å²) in [4.78, 5) is 72.1. The maximum atomic E-state index is 12.4. The summed E-state index contributed by atoms with van der Waals surface area (Å²) >= 11 is 0. The first kappa shape index (κ1) is 38.0. The Bertz CT molecular complexity index is 1340. The van der Waals surface area contributed by atoms with Crippen molar-refractivity contribution in [3.8, 4) is 5.75 Å². The lowest BCUT2D eigenvalue weighted by Gasteiger charge is -2.19. The third-order valence-corrected chi connectivity index (χ3v) is 6.27. The van der Waals surface area contributed by atoms with E-state index < -0.39 is 47.7 Å². The highest BCUT2D eigenvalue weighted by molar-refractivity contribution is 5.84. The van der Waals surface area contributed by atoms with E-state index in [1.54, 1.807) is 45.0 Å². The molecule has 0 saturated heterocycles. The van der Waals surface area contributed by atoms with Gasteiger partial charge in [0.1, 0.15) is 30.0 Å². The first-order chi connectivity index (χ1) is 22.2. The van der Waals surface area contributed by atoms with E-state index in [0.717, 1.165) is 5.56 Å². The zero-order chi connectivity index (χ0) is 34.8. The summed E-state index contributed by atoms with van der Waals surface area (Å²) in [7, 11) is 0. The van der Waals surface area contributed by atoms with Crippen molar-refractivity contribution < 1.29 is 48.1 Å². The number of rotatable bonds is 17. The van der Waals surface area contributed by atoms with Gasteiger partial charge in [-0.1, -0.05) is 42.5 Å². The average molecular weight is 657 g/mol. The van der Waals surface area contributed by atoms with Crippen LogP contribution in [0.25, 0.3) is 0 Å². The molecule has 47 heavy (non-hydrogen) atoms. The van der Waals surface area contributed by atoms with Crippen molar-refractivity contribution >= 4 is 35.9 Å². The molecular formula is C33H44N4O10. The van der Waals surface area contributed by atoms with Crippen LogP contribution in [-0.2, 0) is 41.7 Å². The lowest BCUT2D eigenvalue weighted by molar-refractivity contribution is -0.141. The number of amides is 4. The van der Waals surface area contributed by atoms with Gasteiger partial charge >= 0.3 is 24.1 Å². The van der Waals surface area contributed by atoms with Crippen molar-refractivity contribution in [2.45, 2.75) is 84.1 Å². The molecule has 256 valence electrons. The maximum Gasteiger partial charge on any atom is 0.408 e. The summed E-state index contributed by atoms with van der Waals surface area (Å²) in [6.07, 6.45) is -0.445. The zero-order valence-electron chi connectivity index (χ0n) is 27.1. The summed E-state index contributed by atoms with van der Waals surface area (Å²) in [6, 6.07) is 13.0. The van der Waals surface area contributed by atoms with E-state index in [9.17, 15) is 33.9 Å². The number of carboxylic acids is 1. The van der Waals surface area contributed by atoms with Gasteiger partial charge in [0.25, 0.3) is 0 Å². The van der Waals surface area contributed by atoms with Crippen molar-refractivity contribution in [1.29, 1.82) is 0 Å². The van der Waals surface area contributed by atoms with Gasteiger partial charge in [-0.15, -0.1) is 0 Å². The third kappa shape index (κ3) is 16.7. The molecule has 0 aliphatic rings. The Hall–Kier alpha value is -5.14. The minimum Gasteiger partial charge on any atom is -0.480 e. The molecule has 5 N–H and O–H groups in total. The lowest BCUT2D eigenvalue weighted by Crippen LogP contribution is -2.42. The molecule has 0 radical (unpaired) electrons. The van der Waals surface area contributed by atoms with Crippen LogP contribution in [0.3, 0.4) is 0 Å². The second kappa shape index (κ2) is 19.4. The topological polar surface area (TPSA) is 198 Å². The van der Waals surface area contributed by atoms with Crippen molar-refractivity contribution in [2.75, 3.05) is 13.1 Å². The SMILES string of the molecule is C[C@H](NC(=O)OCc1ccccc1)C(=O)Oc1ccc(C[C@H](NC(=O)CCCNC(=O)CCCNC(=O)OC(C)(C)C)C(=O)O)cc1. The van der Waals surface area contributed by atoms with Crippen molar-refractivity contribution in [1.82, 2.24) is 21.3 Å². The van der Waals surface area contributed by atoms with Crippen LogP contribution in [-0.4, -0.2) is 71.8 Å². The fraction of sp³-hybridized carbons (Fsp3) is 0.455. The minimum atomic E-state index is -1.22. The summed E-state index contributed by atoms with van der Waals surface area (Å²) in [5.41, 5.74) is 0.759. The Morgan fingerprint density at radius 1 is 0.766 bits per heavy atom. The third-order valence-electron chi connectivity index (χ3n) is 6.27. The second-order valence-corrected chi connectivity index (χ2v) is 11.6. The Labute approximate surface area is 273 Å². The van der Waals surface area contributed by atoms with Gasteiger partial charge in [-0.25, -0.2) is 19.2 Å². The van der Waals surface area contributed by atoms with Crippen LogP contribution >= 0.6 is 0 Å². The number of alkyl carbamates (subject to hydrolysis) is 2. The highest BCUT2D eigenvalue weighted by Gasteiger charge is 2.22. The highest BCUT2D eigenvalue weighted by Crippen LogP contribution is 2.15. The van der Waals surface area contributed by atoms with Crippen LogP contribution in [0.2, 0.25) is 0 Å². The van der Waals surface area contributed by atoms with E-state index in [-0.39, 0.29) is 50.6 Å². The molecule has 0 unspecified atom stereocenters. The smallest absolute Gasteiger partial charge is 0.408 e. The number of carboxylic acid groups (broad SMARTS) is 1. The molecule has 0 heterocycles. The Balaban J connectivity index is 1.68. The lowest BCUT2D eigenvalue weighted by atomic mass is 10.1. The number of hydrogen-bond donors (Lipinski definition) is 5. The van der Waals surface area contributed by atoms with E-state index >= 15 is 0 Å². The Kier molecular flexibility index (Phi) is 15.7. The molecule has 2 aromatic rings. The van der Waals surface area contributed by atoms with Crippen LogP contribution in [0, 0.1) is 0 Å². The summed E-state index contributed by atoms with van der Waals surface area (Å²) in [6.45, 7) is 7.26. The van der Waals surface area contributed by atoms with E-state index in [4.69, 9.17) is 14.2 Å². The number of carbonyl (C=O) groups excluding carboxylic acids is 5. The van der Waals surface area contributed by atoms with Gasteiger partial charge < -0.3 is 40.6 Å². The van der Waals surface area contributed by atoms with Gasteiger partial charge in [-0.05, 0) is 63.8 Å². The highest BCUT2D eigenvalue weighted by atomic mass is 16.6. The van der Waals surface area contributed by atoms with E-state index in [0.29, 0.717) is 18.4 Å². The number of hydrogen-bond acceptors (Lipinski definition) is 9. The van der Waals surface area contributed by atoms with Crippen LogP contribution in [0.5, 0.6) is 5.75 Å². The molecule has 4 amide bonds. The standard InChI is InChI=1S/C33H44N4O10/c1-22(36-32(44)45-21-24-10-6-5-7-11-24)30(42)46-25-16-14-23(15-17-25)20-26(29(40)41)37-28(39)13-9-18-34-27(38)12-8-19-35-31(43)47-33(2,3)4/h5-7,10-11,14-17,22,26H,8-9,12-13,18-21H2,1-4H3,(H,34,38)(H,35,43)(H,36,44)(H,37,39)(H,40,41)/t22-,26-/m0/s1. The molecule has 2 aromatic carbocycles. The van der Waals surface area contributed by atoms with Gasteiger partial charge in [-0.2, -0.15) is 0 Å². The second-order valence-electron chi connectivity index (χ2n) is 11.6. The fourth-order valence-electron chi connectivity index (χ4n) is 3.92. The fourth-order valence-corrected chi connectivity index (χ4v) is 3.92. The molecular weight excluding hydrogens is 612 g/mol. The number of carbonyl (C=O) groups is 6. The van der Waals surface area contributed by atoms with Crippen molar-refractivity contribution in [3.63, 3.8) is 0 Å². The largest absolute Gasteiger partial charge is 0.480 e. The number of ether oxygens (including phenoxy) is 3. The Morgan fingerprint density at radius 2 is 1.38 bits per heavy atom. The van der Waals surface area contributed by atoms with Crippen molar-refractivity contribution in [3.05, 3.63) is 65.7 Å². The van der Waals surface area contributed by atoms with Gasteiger partial charge in [-0.3, -0.25) is 9.59 Å². The Morgan fingerprint density at radius 3 is 2.00 bits per heavy atom. The first-order valence-corrected chi connectivity index (χ1v) is 15.3. The summed E-state index contributed by atoms with van der Waals surface area (Å²) in [5, 5.41) is 19.7. The monoisotopic (exact) mass is 656 g/mol. The number of esters is 1. The van der Waals surface area contributed by atoms with Gasteiger partial charge in [0.2, 0.25) is 11.8 Å². The molecule has 0 aliphatic heterocycles. The zero-order valence-corrected chi connectivity index (χ0v) is 27.1. The van der Waals surface area contributed by atoms with Crippen LogP contribution < -0.4 is 26.0 Å². The number of nitrogens with one attached hydrogen (secondary N) is 4. The molecule has 0 aliphatic carbocycles. The quantitative estimate of drug-likeness (QED) is 0.0957. The predicted octanol–water partition coefficient (Wildman–Crippen LogP) is 3.22. The number of benzene rings is 2. The number of aliphatic carboxylic acids is 1. The molecule has 2 rings (SSSR count). The predicted molar refractivity (Wildman–Crippen MR) is 170 cm³/mol. The summed E-state index contributed by atoms with van der Waals surface area (Å²) < 4.78 is 15.5. The molecule has 14 heteroatoms. The molecule has 0 saturated carbocycles. The average Bonchev–Trinajstić information content (AvgIpc) is 3.00. The van der Waals surface area contributed by atoms with Crippen molar-refractivity contribution in [2.24, 2.45) is 0 Å². The van der Waals surface area contributed by atoms with Crippen LogP contribution in [0.4, 0.5) is 9.59 Å². The molecule has 14 nitrogen and oxygen atoms in total. The van der Waals surface area contributed by atoms with Crippen LogP contribution in [0.15, 0.2) is 54.6 Å². The normalized spacial score (nSPS) is 12.1. The van der Waals surface area contributed by atoms with Gasteiger partial charge in [0, 0.05) is 32.4 Å². The van der Waals surface area contributed by atoms with E-state index in [2.05, 4.69) is 21.3 Å². The molecule has 2 atom stereocenters. The van der Waals surface area contributed by atoms with Gasteiger partial charge in [0.05, 0.1) is 0 Å². The molecule has 0 aromatic heterocycles. The maximum absolute atomic E-state index is 12.4. The molecule has 0 bridgehead atoms. The van der Waals surface area contributed by atoms with E-state index in [1.807, 2.05) is 18.2 Å². The van der Waals surface area contributed by atoms with E-state index in [1.165, 1.54) is 19.1 Å². The van der Waals surface area contributed by atoms with Gasteiger partial charge in [0.15, 0.2) is 0 Å². The minimum absolute atomic E-state index is 0.00513. The molecule has 0 fully saturated rings. The summed E-state index contributed by atoms with van der Waals surface area (Å²) in [5.74, 6) is -2.48. The van der Waals surface area contributed by atoms with Crippen LogP contribution in [0.1, 0.15) is 64.5 Å².